The molecule has 5 heteroatoms. The molecule has 4 rings (SSSR count). The lowest BCUT2D eigenvalue weighted by Crippen LogP contribution is -2.23. The summed E-state index contributed by atoms with van der Waals surface area (Å²) in [5.74, 6) is 0.818. The highest BCUT2D eigenvalue weighted by Crippen LogP contribution is 2.28. The van der Waals surface area contributed by atoms with Crippen LogP contribution in [0.4, 0.5) is 4.39 Å². The van der Waals surface area contributed by atoms with E-state index in [0.29, 0.717) is 23.7 Å². The molecule has 0 bridgehead atoms. The highest BCUT2D eigenvalue weighted by Gasteiger charge is 2.24. The quantitative estimate of drug-likeness (QED) is 0.806. The molecule has 0 aliphatic carbocycles. The Morgan fingerprint density at radius 2 is 2.08 bits per heavy atom. The molecule has 24 heavy (non-hydrogen) atoms. The topological polar surface area (TPSA) is 49.0 Å². The first kappa shape index (κ1) is 15.0. The van der Waals surface area contributed by atoms with E-state index < -0.39 is 0 Å². The van der Waals surface area contributed by atoms with Crippen LogP contribution in [0.15, 0.2) is 53.3 Å². The molecular formula is C19H18FN3O. The van der Waals surface area contributed by atoms with E-state index in [1.54, 1.807) is 18.2 Å². The van der Waals surface area contributed by atoms with Gasteiger partial charge in [0.2, 0.25) is 0 Å². The second-order valence-electron chi connectivity index (χ2n) is 6.31. The first-order chi connectivity index (χ1) is 11.7. The van der Waals surface area contributed by atoms with Crippen molar-refractivity contribution in [3.8, 4) is 0 Å². The van der Waals surface area contributed by atoms with E-state index in [-0.39, 0.29) is 11.4 Å². The molecule has 0 amide bonds. The summed E-state index contributed by atoms with van der Waals surface area (Å²) in [7, 11) is 0. The van der Waals surface area contributed by atoms with Crippen molar-refractivity contribution < 1.29 is 4.39 Å². The van der Waals surface area contributed by atoms with Crippen LogP contribution in [-0.4, -0.2) is 28.0 Å². The monoisotopic (exact) mass is 323 g/mol. The minimum absolute atomic E-state index is 0.100. The largest absolute Gasteiger partial charge is 0.309 e. The number of hydrogen-bond donors (Lipinski definition) is 1. The van der Waals surface area contributed by atoms with Crippen molar-refractivity contribution in [2.24, 2.45) is 0 Å². The molecule has 0 radical (unpaired) electrons. The molecule has 2 aromatic carbocycles. The average Bonchev–Trinajstić information content (AvgIpc) is 3.03. The molecule has 1 aliphatic heterocycles. The molecule has 0 spiro atoms. The van der Waals surface area contributed by atoms with E-state index in [1.165, 1.54) is 6.07 Å². The smallest absolute Gasteiger partial charge is 0.258 e. The Balaban J connectivity index is 1.52. The van der Waals surface area contributed by atoms with Crippen molar-refractivity contribution in [1.29, 1.82) is 0 Å². The maximum Gasteiger partial charge on any atom is 0.258 e. The third kappa shape index (κ3) is 2.95. The number of H-pyrrole nitrogens is 1. The normalized spacial score (nSPS) is 18.3. The van der Waals surface area contributed by atoms with Crippen molar-refractivity contribution in [2.45, 2.75) is 18.9 Å². The van der Waals surface area contributed by atoms with Gasteiger partial charge in [-0.05, 0) is 48.7 Å². The molecule has 1 N–H and O–H groups in total. The van der Waals surface area contributed by atoms with Gasteiger partial charge in [0.25, 0.3) is 5.56 Å². The Morgan fingerprint density at radius 1 is 1.21 bits per heavy atom. The first-order valence-corrected chi connectivity index (χ1v) is 8.15. The van der Waals surface area contributed by atoms with E-state index >= 15 is 0 Å². The number of para-hydroxylation sites is 1. The zero-order chi connectivity index (χ0) is 16.5. The lowest BCUT2D eigenvalue weighted by atomic mass is 9.98. The highest BCUT2D eigenvalue weighted by molar-refractivity contribution is 5.77. The summed E-state index contributed by atoms with van der Waals surface area (Å²) in [5.41, 5.74) is 1.66. The number of aromatic amines is 1. The SMILES string of the molecule is O=c1[nH]c(CN2CC[C@@H](c3cccc(F)c3)C2)nc2ccccc12. The predicted molar refractivity (Wildman–Crippen MR) is 91.4 cm³/mol. The van der Waals surface area contributed by atoms with E-state index in [4.69, 9.17) is 0 Å². The van der Waals surface area contributed by atoms with Gasteiger partial charge in [0.1, 0.15) is 11.6 Å². The number of nitrogens with one attached hydrogen (secondary N) is 1. The Kier molecular flexibility index (Phi) is 3.86. The number of aromatic nitrogens is 2. The fraction of sp³-hybridized carbons (Fsp3) is 0.263. The van der Waals surface area contributed by atoms with Crippen LogP contribution >= 0.6 is 0 Å². The lowest BCUT2D eigenvalue weighted by Gasteiger charge is -2.16. The van der Waals surface area contributed by atoms with Crippen molar-refractivity contribution in [2.75, 3.05) is 13.1 Å². The highest BCUT2D eigenvalue weighted by atomic mass is 19.1. The Hall–Kier alpha value is -2.53. The van der Waals surface area contributed by atoms with Crippen LogP contribution in [0, 0.1) is 5.82 Å². The fourth-order valence-electron chi connectivity index (χ4n) is 3.43. The van der Waals surface area contributed by atoms with Crippen LogP contribution in [0.1, 0.15) is 23.7 Å². The molecule has 122 valence electrons. The van der Waals surface area contributed by atoms with Crippen LogP contribution in [-0.2, 0) is 6.54 Å². The van der Waals surface area contributed by atoms with Crippen LogP contribution in [0.2, 0.25) is 0 Å². The molecule has 1 fully saturated rings. The fourth-order valence-corrected chi connectivity index (χ4v) is 3.43. The number of fused-ring (bicyclic) bond motifs is 1. The van der Waals surface area contributed by atoms with E-state index in [1.807, 2.05) is 24.3 Å². The molecule has 1 atom stereocenters. The number of rotatable bonds is 3. The third-order valence-electron chi connectivity index (χ3n) is 4.63. The van der Waals surface area contributed by atoms with Crippen LogP contribution in [0.5, 0.6) is 0 Å². The van der Waals surface area contributed by atoms with Gasteiger partial charge in [-0.25, -0.2) is 9.37 Å². The number of hydrogen-bond acceptors (Lipinski definition) is 3. The van der Waals surface area contributed by atoms with Crippen molar-refractivity contribution >= 4 is 10.9 Å². The van der Waals surface area contributed by atoms with Gasteiger partial charge >= 0.3 is 0 Å². The predicted octanol–water partition coefficient (Wildman–Crippen LogP) is 3.05. The Bertz CT molecular complexity index is 937. The molecule has 0 unspecified atom stereocenters. The first-order valence-electron chi connectivity index (χ1n) is 8.15. The molecule has 1 saturated heterocycles. The Labute approximate surface area is 139 Å². The number of halogens is 1. The maximum absolute atomic E-state index is 13.4. The van der Waals surface area contributed by atoms with Crippen LogP contribution in [0.3, 0.4) is 0 Å². The molecule has 1 aliphatic rings. The van der Waals surface area contributed by atoms with Crippen molar-refractivity contribution in [1.82, 2.24) is 14.9 Å². The number of nitrogens with zero attached hydrogens (tertiary/aromatic N) is 2. The standard InChI is InChI=1S/C19H18FN3O/c20-15-5-3-4-13(10-15)14-8-9-23(11-14)12-18-21-17-7-2-1-6-16(17)19(24)22-18/h1-7,10,14H,8-9,11-12H2,(H,21,22,24)/t14-/m1/s1. The number of likely N-dealkylation sites (tertiary alicyclic amines) is 1. The van der Waals surface area contributed by atoms with Gasteiger partial charge in [-0.1, -0.05) is 24.3 Å². The number of benzene rings is 2. The van der Waals surface area contributed by atoms with E-state index in [0.717, 1.165) is 30.6 Å². The summed E-state index contributed by atoms with van der Waals surface area (Å²) in [6, 6.07) is 14.2. The van der Waals surface area contributed by atoms with Crippen LogP contribution < -0.4 is 5.56 Å². The third-order valence-corrected chi connectivity index (χ3v) is 4.63. The summed E-state index contributed by atoms with van der Waals surface area (Å²) >= 11 is 0. The minimum Gasteiger partial charge on any atom is -0.309 e. The maximum atomic E-state index is 13.4. The van der Waals surface area contributed by atoms with Crippen LogP contribution in [0.25, 0.3) is 10.9 Å². The second-order valence-corrected chi connectivity index (χ2v) is 6.31. The van der Waals surface area contributed by atoms with Gasteiger partial charge < -0.3 is 4.98 Å². The zero-order valence-electron chi connectivity index (χ0n) is 13.2. The van der Waals surface area contributed by atoms with E-state index in [2.05, 4.69) is 14.9 Å². The molecular weight excluding hydrogens is 305 g/mol. The Morgan fingerprint density at radius 3 is 2.96 bits per heavy atom. The lowest BCUT2D eigenvalue weighted by molar-refractivity contribution is 0.318. The summed E-state index contributed by atoms with van der Waals surface area (Å²) < 4.78 is 13.4. The summed E-state index contributed by atoms with van der Waals surface area (Å²) in [6.45, 7) is 2.36. The van der Waals surface area contributed by atoms with Gasteiger partial charge in [-0.15, -0.1) is 0 Å². The second kappa shape index (κ2) is 6.17. The van der Waals surface area contributed by atoms with Crippen molar-refractivity contribution in [3.63, 3.8) is 0 Å². The summed E-state index contributed by atoms with van der Waals surface area (Å²) in [4.78, 5) is 21.8. The summed E-state index contributed by atoms with van der Waals surface area (Å²) in [6.07, 6.45) is 0.987. The molecule has 3 aromatic rings. The minimum atomic E-state index is -0.188. The molecule has 1 aromatic heterocycles. The molecule has 0 saturated carbocycles. The molecule has 2 heterocycles. The van der Waals surface area contributed by atoms with Gasteiger partial charge in [-0.3, -0.25) is 9.69 Å². The van der Waals surface area contributed by atoms with Crippen molar-refractivity contribution in [3.05, 3.63) is 76.1 Å². The zero-order valence-corrected chi connectivity index (χ0v) is 13.2. The molecule has 4 nitrogen and oxygen atoms in total. The van der Waals surface area contributed by atoms with Gasteiger partial charge in [-0.2, -0.15) is 0 Å². The summed E-state index contributed by atoms with van der Waals surface area (Å²) in [5, 5.41) is 0.611. The van der Waals surface area contributed by atoms with E-state index in [9.17, 15) is 9.18 Å². The van der Waals surface area contributed by atoms with Gasteiger partial charge in [0, 0.05) is 6.54 Å². The average molecular weight is 323 g/mol. The van der Waals surface area contributed by atoms with Gasteiger partial charge in [0.15, 0.2) is 0 Å². The van der Waals surface area contributed by atoms with Gasteiger partial charge in [0.05, 0.1) is 17.4 Å².